The van der Waals surface area contributed by atoms with Gasteiger partial charge in [0.25, 0.3) is 0 Å². The quantitative estimate of drug-likeness (QED) is 0.686. The maximum absolute atomic E-state index is 13.4. The molecule has 1 fully saturated rings. The molecule has 2 aromatic rings. The summed E-state index contributed by atoms with van der Waals surface area (Å²) >= 11 is 0. The number of esters is 1. The average Bonchev–Trinajstić information content (AvgIpc) is 3.19. The largest absolute Gasteiger partial charge is 0.494 e. The van der Waals surface area contributed by atoms with Gasteiger partial charge in [0.1, 0.15) is 11.5 Å². The van der Waals surface area contributed by atoms with E-state index in [1.165, 1.54) is 12.0 Å². The van der Waals surface area contributed by atoms with Gasteiger partial charge in [-0.1, -0.05) is 12.1 Å². The second-order valence-corrected chi connectivity index (χ2v) is 7.38. The molecular formula is C23H24N2O6. The third-order valence-corrected chi connectivity index (χ3v) is 5.44. The summed E-state index contributed by atoms with van der Waals surface area (Å²) in [5, 5.41) is 0. The number of nitrogens with zero attached hydrogens (tertiary/aromatic N) is 2. The van der Waals surface area contributed by atoms with Gasteiger partial charge < -0.3 is 24.0 Å². The summed E-state index contributed by atoms with van der Waals surface area (Å²) in [6, 6.07) is 14.3. The molecule has 8 nitrogen and oxygen atoms in total. The van der Waals surface area contributed by atoms with Crippen LogP contribution in [0.2, 0.25) is 0 Å². The van der Waals surface area contributed by atoms with Crippen LogP contribution in [0.3, 0.4) is 0 Å². The van der Waals surface area contributed by atoms with E-state index < -0.39 is 18.0 Å². The summed E-state index contributed by atoms with van der Waals surface area (Å²) in [6.45, 7) is 2.78. The van der Waals surface area contributed by atoms with Crippen molar-refractivity contribution in [1.82, 2.24) is 0 Å². The van der Waals surface area contributed by atoms with Gasteiger partial charge in [0, 0.05) is 18.7 Å². The zero-order valence-electron chi connectivity index (χ0n) is 17.4. The fraction of sp³-hybridized carbons (Fsp3) is 0.348. The van der Waals surface area contributed by atoms with E-state index in [-0.39, 0.29) is 31.3 Å². The van der Waals surface area contributed by atoms with Crippen molar-refractivity contribution in [2.24, 2.45) is 5.92 Å². The fourth-order valence-corrected chi connectivity index (χ4v) is 3.93. The maximum Gasteiger partial charge on any atom is 0.348 e. The van der Waals surface area contributed by atoms with Gasteiger partial charge in [-0.3, -0.25) is 9.59 Å². The summed E-state index contributed by atoms with van der Waals surface area (Å²) in [5.41, 5.74) is 1.30. The molecule has 0 radical (unpaired) electrons. The van der Waals surface area contributed by atoms with Gasteiger partial charge in [0.15, 0.2) is 0 Å². The Balaban J connectivity index is 1.54. The Morgan fingerprint density at radius 2 is 1.84 bits per heavy atom. The van der Waals surface area contributed by atoms with E-state index in [2.05, 4.69) is 0 Å². The minimum atomic E-state index is -0.914. The van der Waals surface area contributed by atoms with Crippen LogP contribution in [0, 0.1) is 5.92 Å². The molecule has 2 amide bonds. The molecule has 2 atom stereocenters. The van der Waals surface area contributed by atoms with E-state index in [0.29, 0.717) is 18.0 Å². The third-order valence-electron chi connectivity index (χ3n) is 5.44. The molecule has 0 unspecified atom stereocenters. The molecule has 0 N–H and O–H groups in total. The maximum atomic E-state index is 13.4. The number of hydrogen-bond acceptors (Lipinski definition) is 6. The molecule has 2 heterocycles. The van der Waals surface area contributed by atoms with Crippen molar-refractivity contribution in [2.45, 2.75) is 19.4 Å². The number of ether oxygens (including phenoxy) is 3. The molecule has 4 rings (SSSR count). The number of carbonyl (C=O) groups excluding carboxylic acids is 3. The van der Waals surface area contributed by atoms with E-state index >= 15 is 0 Å². The van der Waals surface area contributed by atoms with Crippen molar-refractivity contribution in [2.75, 3.05) is 36.6 Å². The van der Waals surface area contributed by atoms with Gasteiger partial charge in [-0.25, -0.2) is 4.79 Å². The highest BCUT2D eigenvalue weighted by Crippen LogP contribution is 2.36. The van der Waals surface area contributed by atoms with Gasteiger partial charge in [0.2, 0.25) is 17.9 Å². The van der Waals surface area contributed by atoms with Crippen LogP contribution in [0.1, 0.15) is 13.3 Å². The lowest BCUT2D eigenvalue weighted by Crippen LogP contribution is -2.49. The lowest BCUT2D eigenvalue weighted by Gasteiger charge is -2.34. The van der Waals surface area contributed by atoms with Crippen LogP contribution < -0.4 is 19.3 Å². The van der Waals surface area contributed by atoms with E-state index in [4.69, 9.17) is 14.2 Å². The van der Waals surface area contributed by atoms with Gasteiger partial charge in [-0.2, -0.15) is 0 Å². The molecule has 2 aliphatic rings. The number of rotatable bonds is 5. The highest BCUT2D eigenvalue weighted by molar-refractivity contribution is 6.05. The number of para-hydroxylation sites is 2. The molecule has 0 aliphatic carbocycles. The van der Waals surface area contributed by atoms with E-state index in [0.717, 1.165) is 11.4 Å². The van der Waals surface area contributed by atoms with Crippen molar-refractivity contribution in [3.63, 3.8) is 0 Å². The number of carbonyl (C=O) groups is 3. The molecule has 8 heteroatoms. The Morgan fingerprint density at radius 1 is 1.10 bits per heavy atom. The van der Waals surface area contributed by atoms with Gasteiger partial charge in [0.05, 0.1) is 31.9 Å². The first-order valence-electron chi connectivity index (χ1n) is 10.2. The molecule has 2 aliphatic heterocycles. The van der Waals surface area contributed by atoms with Crippen LogP contribution in [0.4, 0.5) is 11.4 Å². The standard InChI is InChI=1S/C23H24N2O6/c1-3-30-17-10-8-16(9-11-17)24-13-15(12-21(24)26)22(27)25-14-20(23(28)29-2)31-19-7-5-4-6-18(19)25/h4-11,15,20H,3,12-14H2,1-2H3/t15-,20+/m0/s1. The van der Waals surface area contributed by atoms with Crippen LogP contribution >= 0.6 is 0 Å². The smallest absolute Gasteiger partial charge is 0.348 e. The van der Waals surface area contributed by atoms with Crippen molar-refractivity contribution in [3.8, 4) is 11.5 Å². The Bertz CT molecular complexity index is 990. The van der Waals surface area contributed by atoms with Gasteiger partial charge in [-0.15, -0.1) is 0 Å². The molecule has 31 heavy (non-hydrogen) atoms. The van der Waals surface area contributed by atoms with Gasteiger partial charge in [-0.05, 0) is 43.3 Å². The summed E-state index contributed by atoms with van der Waals surface area (Å²) in [5.74, 6) is -0.246. The van der Waals surface area contributed by atoms with Crippen molar-refractivity contribution in [1.29, 1.82) is 0 Å². The average molecular weight is 424 g/mol. The Labute approximate surface area is 180 Å². The molecule has 162 valence electrons. The zero-order chi connectivity index (χ0) is 22.0. The SMILES string of the molecule is CCOc1ccc(N2C[C@@H](C(=O)N3C[C@H](C(=O)OC)Oc4ccccc43)CC2=O)cc1. The third kappa shape index (κ3) is 4.05. The lowest BCUT2D eigenvalue weighted by atomic mass is 10.0. The fourth-order valence-electron chi connectivity index (χ4n) is 3.93. The van der Waals surface area contributed by atoms with Crippen LogP contribution in [0.25, 0.3) is 0 Å². The summed E-state index contributed by atoms with van der Waals surface area (Å²) in [6.07, 6.45) is -0.808. The highest BCUT2D eigenvalue weighted by Gasteiger charge is 2.41. The molecule has 0 bridgehead atoms. The second kappa shape index (κ2) is 8.67. The van der Waals surface area contributed by atoms with Crippen LogP contribution in [0.15, 0.2) is 48.5 Å². The molecule has 2 aromatic carbocycles. The van der Waals surface area contributed by atoms with Crippen LogP contribution in [0.5, 0.6) is 11.5 Å². The Morgan fingerprint density at radius 3 is 2.55 bits per heavy atom. The number of amides is 2. The molecule has 1 saturated heterocycles. The monoisotopic (exact) mass is 424 g/mol. The highest BCUT2D eigenvalue weighted by atomic mass is 16.6. The first-order chi connectivity index (χ1) is 15.0. The van der Waals surface area contributed by atoms with Crippen molar-refractivity contribution < 1.29 is 28.6 Å². The molecule has 0 spiro atoms. The molecule has 0 aromatic heterocycles. The normalized spacial score (nSPS) is 20.1. The molecular weight excluding hydrogens is 400 g/mol. The minimum Gasteiger partial charge on any atom is -0.494 e. The number of hydrogen-bond donors (Lipinski definition) is 0. The Kier molecular flexibility index (Phi) is 5.79. The van der Waals surface area contributed by atoms with Crippen LogP contribution in [-0.4, -0.2) is 50.7 Å². The van der Waals surface area contributed by atoms with Crippen LogP contribution in [-0.2, 0) is 19.1 Å². The first kappa shape index (κ1) is 20.7. The number of methoxy groups -OCH3 is 1. The minimum absolute atomic E-state index is 0.0380. The van der Waals surface area contributed by atoms with Gasteiger partial charge >= 0.3 is 5.97 Å². The summed E-state index contributed by atoms with van der Waals surface area (Å²) < 4.78 is 16.0. The second-order valence-electron chi connectivity index (χ2n) is 7.38. The van der Waals surface area contributed by atoms with Crippen molar-refractivity contribution in [3.05, 3.63) is 48.5 Å². The molecule has 0 saturated carbocycles. The number of anilines is 2. The zero-order valence-corrected chi connectivity index (χ0v) is 17.4. The van der Waals surface area contributed by atoms with E-state index in [1.807, 2.05) is 19.1 Å². The summed E-state index contributed by atoms with van der Waals surface area (Å²) in [4.78, 5) is 41.3. The Hall–Kier alpha value is -3.55. The van der Waals surface area contributed by atoms with Crippen molar-refractivity contribution >= 4 is 29.2 Å². The predicted octanol–water partition coefficient (Wildman–Crippen LogP) is 2.41. The van der Waals surface area contributed by atoms with E-state index in [1.54, 1.807) is 41.3 Å². The first-order valence-corrected chi connectivity index (χ1v) is 10.2. The lowest BCUT2D eigenvalue weighted by molar-refractivity contribution is -0.148. The summed E-state index contributed by atoms with van der Waals surface area (Å²) in [7, 11) is 1.28. The predicted molar refractivity (Wildman–Crippen MR) is 113 cm³/mol. The number of benzene rings is 2. The number of fused-ring (bicyclic) bond motifs is 1. The van der Waals surface area contributed by atoms with E-state index in [9.17, 15) is 14.4 Å². The topological polar surface area (TPSA) is 85.4 Å².